The van der Waals surface area contributed by atoms with Crippen LogP contribution in [0.2, 0.25) is 10.3 Å². The Labute approximate surface area is 132 Å². The second kappa shape index (κ2) is 5.88. The Balaban J connectivity index is 1.91. The Kier molecular flexibility index (Phi) is 3.95. The quantitative estimate of drug-likeness (QED) is 0.701. The maximum absolute atomic E-state index is 6.15. The van der Waals surface area contributed by atoms with Gasteiger partial charge in [-0.25, -0.2) is 4.98 Å². The first-order valence-electron chi connectivity index (χ1n) is 6.54. The average Bonchev–Trinajstić information content (AvgIpc) is 2.46. The largest absolute Gasteiger partial charge is 0.378 e. The monoisotopic (exact) mass is 317 g/mol. The highest BCUT2D eigenvalue weighted by Gasteiger charge is 2.08. The number of hydrogen-bond donors (Lipinski definition) is 1. The molecule has 0 spiro atoms. The maximum Gasteiger partial charge on any atom is 0.154 e. The summed E-state index contributed by atoms with van der Waals surface area (Å²) in [5, 5.41) is 5.25. The van der Waals surface area contributed by atoms with Gasteiger partial charge in [-0.15, -0.1) is 0 Å². The van der Waals surface area contributed by atoms with E-state index in [0.717, 1.165) is 27.7 Å². The van der Waals surface area contributed by atoms with Crippen LogP contribution in [0.1, 0.15) is 11.1 Å². The van der Waals surface area contributed by atoms with E-state index in [-0.39, 0.29) is 0 Å². The zero-order valence-electron chi connectivity index (χ0n) is 11.4. The zero-order valence-corrected chi connectivity index (χ0v) is 12.9. The summed E-state index contributed by atoms with van der Waals surface area (Å²) in [6.45, 7) is 2.60. The number of hydrogen-bond acceptors (Lipinski definition) is 3. The van der Waals surface area contributed by atoms with Gasteiger partial charge in [0.25, 0.3) is 0 Å². The van der Waals surface area contributed by atoms with E-state index in [2.05, 4.69) is 21.4 Å². The molecule has 3 aromatic rings. The normalized spacial score (nSPS) is 10.8. The number of aromatic nitrogens is 2. The van der Waals surface area contributed by atoms with Crippen LogP contribution in [0.4, 0.5) is 5.69 Å². The molecule has 0 aliphatic heterocycles. The van der Waals surface area contributed by atoms with Crippen LogP contribution in [0, 0.1) is 6.92 Å². The SMILES string of the molecule is Cc1cc(Cl)nc(Cl)c1NCc1ccnc2ccccc12. The fraction of sp³-hybridized carbons (Fsp3) is 0.125. The smallest absolute Gasteiger partial charge is 0.154 e. The summed E-state index contributed by atoms with van der Waals surface area (Å²) in [4.78, 5) is 8.42. The Morgan fingerprint density at radius 2 is 1.95 bits per heavy atom. The van der Waals surface area contributed by atoms with Crippen molar-refractivity contribution >= 4 is 39.8 Å². The molecule has 2 heterocycles. The first kappa shape index (κ1) is 14.1. The lowest BCUT2D eigenvalue weighted by molar-refractivity contribution is 1.13. The van der Waals surface area contributed by atoms with E-state index in [9.17, 15) is 0 Å². The van der Waals surface area contributed by atoms with Gasteiger partial charge in [-0.3, -0.25) is 4.98 Å². The molecule has 3 rings (SSSR count). The van der Waals surface area contributed by atoms with Crippen molar-refractivity contribution in [1.29, 1.82) is 0 Å². The van der Waals surface area contributed by atoms with Crippen molar-refractivity contribution in [2.24, 2.45) is 0 Å². The molecule has 0 atom stereocenters. The molecule has 5 heteroatoms. The molecule has 0 fully saturated rings. The van der Waals surface area contributed by atoms with Gasteiger partial charge < -0.3 is 5.32 Å². The number of rotatable bonds is 3. The van der Waals surface area contributed by atoms with Gasteiger partial charge in [0.1, 0.15) is 5.15 Å². The molecular formula is C16H13Cl2N3. The van der Waals surface area contributed by atoms with Crippen molar-refractivity contribution in [3.05, 3.63) is 64.0 Å². The second-order valence-corrected chi connectivity index (χ2v) is 5.51. The lowest BCUT2D eigenvalue weighted by Crippen LogP contribution is -2.03. The van der Waals surface area contributed by atoms with Gasteiger partial charge in [0, 0.05) is 18.1 Å². The van der Waals surface area contributed by atoms with Crippen molar-refractivity contribution < 1.29 is 0 Å². The fourth-order valence-electron chi connectivity index (χ4n) is 2.30. The lowest BCUT2D eigenvalue weighted by Gasteiger charge is -2.12. The molecule has 106 valence electrons. The number of fused-ring (bicyclic) bond motifs is 1. The summed E-state index contributed by atoms with van der Waals surface area (Å²) < 4.78 is 0. The van der Waals surface area contributed by atoms with E-state index in [4.69, 9.17) is 23.2 Å². The number of pyridine rings is 2. The van der Waals surface area contributed by atoms with Crippen molar-refractivity contribution in [1.82, 2.24) is 9.97 Å². The molecule has 0 radical (unpaired) electrons. The van der Waals surface area contributed by atoms with E-state index in [1.54, 1.807) is 6.07 Å². The third-order valence-electron chi connectivity index (χ3n) is 3.34. The van der Waals surface area contributed by atoms with Gasteiger partial charge in [0.15, 0.2) is 5.15 Å². The lowest BCUT2D eigenvalue weighted by atomic mass is 10.1. The molecule has 0 aliphatic rings. The van der Waals surface area contributed by atoms with Crippen LogP contribution in [0.25, 0.3) is 10.9 Å². The Morgan fingerprint density at radius 1 is 1.14 bits per heavy atom. The van der Waals surface area contributed by atoms with Crippen LogP contribution >= 0.6 is 23.2 Å². The summed E-state index contributed by atoms with van der Waals surface area (Å²) in [5.41, 5.74) is 3.92. The van der Waals surface area contributed by atoms with E-state index in [0.29, 0.717) is 16.9 Å². The van der Waals surface area contributed by atoms with Crippen molar-refractivity contribution in [3.63, 3.8) is 0 Å². The average molecular weight is 318 g/mol. The standard InChI is InChI=1S/C16H13Cl2N3/c1-10-8-14(17)21-16(18)15(10)20-9-11-6-7-19-13-5-3-2-4-12(11)13/h2-8,20H,9H2,1H3. The molecule has 0 amide bonds. The predicted octanol–water partition coefficient (Wildman–Crippen LogP) is 4.86. The highest BCUT2D eigenvalue weighted by atomic mass is 35.5. The van der Waals surface area contributed by atoms with Crippen LogP contribution in [-0.4, -0.2) is 9.97 Å². The second-order valence-electron chi connectivity index (χ2n) is 4.77. The minimum absolute atomic E-state index is 0.387. The van der Waals surface area contributed by atoms with Crippen LogP contribution in [-0.2, 0) is 6.54 Å². The molecule has 0 saturated heterocycles. The first-order valence-corrected chi connectivity index (χ1v) is 7.30. The number of para-hydroxylation sites is 1. The highest BCUT2D eigenvalue weighted by molar-refractivity contribution is 6.34. The Bertz CT molecular complexity index is 774. The van der Waals surface area contributed by atoms with Gasteiger partial charge in [-0.2, -0.15) is 0 Å². The van der Waals surface area contributed by atoms with Crippen LogP contribution < -0.4 is 5.32 Å². The Morgan fingerprint density at radius 3 is 2.76 bits per heavy atom. The van der Waals surface area contributed by atoms with Crippen LogP contribution in [0.3, 0.4) is 0 Å². The maximum atomic E-state index is 6.15. The molecule has 0 saturated carbocycles. The number of anilines is 1. The van der Waals surface area contributed by atoms with Gasteiger partial charge in [-0.05, 0) is 36.2 Å². The van der Waals surface area contributed by atoms with Gasteiger partial charge in [0.2, 0.25) is 0 Å². The summed E-state index contributed by atoms with van der Waals surface area (Å²) in [5.74, 6) is 0. The number of aryl methyl sites for hydroxylation is 1. The van der Waals surface area contributed by atoms with E-state index in [1.165, 1.54) is 0 Å². The van der Waals surface area contributed by atoms with Gasteiger partial charge >= 0.3 is 0 Å². The van der Waals surface area contributed by atoms with Crippen molar-refractivity contribution in [2.45, 2.75) is 13.5 Å². The summed E-state index contributed by atoms with van der Waals surface area (Å²) in [6.07, 6.45) is 1.81. The summed E-state index contributed by atoms with van der Waals surface area (Å²) in [7, 11) is 0. The topological polar surface area (TPSA) is 37.8 Å². The summed E-state index contributed by atoms with van der Waals surface area (Å²) >= 11 is 12.0. The molecule has 1 N–H and O–H groups in total. The van der Waals surface area contributed by atoms with Crippen molar-refractivity contribution in [3.8, 4) is 0 Å². The summed E-state index contributed by atoms with van der Waals surface area (Å²) in [6, 6.07) is 11.9. The molecule has 0 aliphatic carbocycles. The van der Waals surface area contributed by atoms with E-state index < -0.39 is 0 Å². The van der Waals surface area contributed by atoms with Crippen LogP contribution in [0.5, 0.6) is 0 Å². The van der Waals surface area contributed by atoms with Crippen LogP contribution in [0.15, 0.2) is 42.6 Å². The number of benzene rings is 1. The molecule has 3 nitrogen and oxygen atoms in total. The molecule has 0 unspecified atom stereocenters. The molecule has 0 bridgehead atoms. The van der Waals surface area contributed by atoms with Gasteiger partial charge in [0.05, 0.1) is 11.2 Å². The Hall–Kier alpha value is -1.84. The van der Waals surface area contributed by atoms with Crippen molar-refractivity contribution in [2.75, 3.05) is 5.32 Å². The number of nitrogens with zero attached hydrogens (tertiary/aromatic N) is 2. The molecular weight excluding hydrogens is 305 g/mol. The van der Waals surface area contributed by atoms with E-state index >= 15 is 0 Å². The fourth-order valence-corrected chi connectivity index (χ4v) is 2.90. The van der Waals surface area contributed by atoms with Gasteiger partial charge in [-0.1, -0.05) is 41.4 Å². The number of halogens is 2. The molecule has 2 aromatic heterocycles. The minimum Gasteiger partial charge on any atom is -0.378 e. The number of nitrogens with one attached hydrogen (secondary N) is 1. The predicted molar refractivity (Wildman–Crippen MR) is 88.1 cm³/mol. The third kappa shape index (κ3) is 2.94. The molecule has 1 aromatic carbocycles. The zero-order chi connectivity index (χ0) is 14.8. The highest BCUT2D eigenvalue weighted by Crippen LogP contribution is 2.27. The third-order valence-corrected chi connectivity index (χ3v) is 3.80. The molecule has 21 heavy (non-hydrogen) atoms. The minimum atomic E-state index is 0.387. The first-order chi connectivity index (χ1) is 10.1. The van der Waals surface area contributed by atoms with E-state index in [1.807, 2.05) is 37.4 Å².